The maximum atomic E-state index is 14.8. The van der Waals surface area contributed by atoms with Gasteiger partial charge in [-0.05, 0) is 99.5 Å². The summed E-state index contributed by atoms with van der Waals surface area (Å²) in [6, 6.07) is 1.89. The van der Waals surface area contributed by atoms with Crippen molar-refractivity contribution in [3.8, 4) is 5.75 Å². The van der Waals surface area contributed by atoms with Crippen LogP contribution in [0.4, 0.5) is 0 Å². The minimum absolute atomic E-state index is 0.0161. The molecule has 2 fully saturated rings. The summed E-state index contributed by atoms with van der Waals surface area (Å²) in [7, 11) is 0. The lowest BCUT2D eigenvalue weighted by Gasteiger charge is -2.31. The highest BCUT2D eigenvalue weighted by Gasteiger charge is 2.42. The van der Waals surface area contributed by atoms with E-state index in [1.165, 1.54) is 52.8 Å². The van der Waals surface area contributed by atoms with E-state index in [4.69, 9.17) is 22.9 Å². The molecule has 10 atom stereocenters. The summed E-state index contributed by atoms with van der Waals surface area (Å²) in [5, 5.41) is 38.0. The number of thioether (sulfide) groups is 1. The normalized spacial score (nSPS) is 17.6. The van der Waals surface area contributed by atoms with Crippen LogP contribution in [0, 0.1) is 5.92 Å². The number of hydrogen-bond acceptors (Lipinski definition) is 16. The molecule has 84 heavy (non-hydrogen) atoms. The van der Waals surface area contributed by atoms with Crippen molar-refractivity contribution >= 4 is 95.4 Å². The number of aliphatic imine (C=N–C) groups is 1. The van der Waals surface area contributed by atoms with Gasteiger partial charge in [0.1, 0.15) is 60.1 Å². The highest BCUT2D eigenvalue weighted by Crippen LogP contribution is 2.23. The van der Waals surface area contributed by atoms with Gasteiger partial charge in [0, 0.05) is 38.2 Å². The zero-order valence-corrected chi connectivity index (χ0v) is 49.5. The number of aliphatic carboxylic acids is 1. The second-order valence-corrected chi connectivity index (χ2v) is 22.5. The molecule has 0 saturated carbocycles. The number of phenols is 1. The summed E-state index contributed by atoms with van der Waals surface area (Å²) in [5.74, 6) is -9.07. The van der Waals surface area contributed by atoms with Crippen molar-refractivity contribution in [2.45, 2.75) is 152 Å². The molecule has 462 valence electrons. The molecule has 0 aromatic heterocycles. The Bertz CT molecular complexity index is 2650. The smallest absolute Gasteiger partial charge is 0.326 e. The van der Waals surface area contributed by atoms with E-state index in [1.54, 1.807) is 50.4 Å². The number of phenolic OH excluding ortho intramolecular Hbond substituents is 1. The van der Waals surface area contributed by atoms with Gasteiger partial charge in [-0.15, -0.1) is 0 Å². The van der Waals surface area contributed by atoms with Gasteiger partial charge in [0.15, 0.2) is 5.96 Å². The molecule has 10 amide bonds. The molecule has 2 aromatic carbocycles. The van der Waals surface area contributed by atoms with Crippen molar-refractivity contribution in [3.05, 3.63) is 65.7 Å². The van der Waals surface area contributed by atoms with E-state index < -0.39 is 132 Å². The summed E-state index contributed by atoms with van der Waals surface area (Å²) in [6.45, 7) is 5.17. The number of carbonyl (C=O) groups excluding carboxylic acids is 10. The number of nitrogens with two attached hydrogens (primary N) is 4. The number of guanidine groups is 1. The summed E-state index contributed by atoms with van der Waals surface area (Å²) in [4.78, 5) is 157. The van der Waals surface area contributed by atoms with Gasteiger partial charge in [0.05, 0.1) is 12.5 Å². The van der Waals surface area contributed by atoms with Crippen LogP contribution in [0.3, 0.4) is 0 Å². The Morgan fingerprint density at radius 3 is 1.69 bits per heavy atom. The molecule has 17 N–H and O–H groups in total. The van der Waals surface area contributed by atoms with E-state index in [2.05, 4.69) is 54.8 Å². The van der Waals surface area contributed by atoms with Crippen LogP contribution in [-0.2, 0) is 65.6 Å². The Morgan fingerprint density at radius 2 is 1.14 bits per heavy atom. The topological polar surface area (TPSA) is 435 Å². The van der Waals surface area contributed by atoms with Crippen molar-refractivity contribution in [1.82, 2.24) is 47.0 Å². The minimum Gasteiger partial charge on any atom is -0.508 e. The molecule has 0 spiro atoms. The number of benzene rings is 2. The lowest BCUT2D eigenvalue weighted by atomic mass is 10.0. The quantitative estimate of drug-likeness (QED) is 0.0154. The van der Waals surface area contributed by atoms with Crippen LogP contribution in [0.25, 0.3) is 0 Å². The fourth-order valence-electron chi connectivity index (χ4n) is 9.65. The summed E-state index contributed by atoms with van der Waals surface area (Å²) in [6.07, 6.45) is 2.40. The van der Waals surface area contributed by atoms with Crippen LogP contribution in [0.5, 0.6) is 5.75 Å². The van der Waals surface area contributed by atoms with Crippen LogP contribution in [0.1, 0.15) is 89.7 Å². The maximum Gasteiger partial charge on any atom is 0.326 e. The van der Waals surface area contributed by atoms with Crippen LogP contribution >= 0.6 is 24.4 Å². The predicted molar refractivity (Wildman–Crippen MR) is 316 cm³/mol. The largest absolute Gasteiger partial charge is 0.508 e. The van der Waals surface area contributed by atoms with E-state index >= 15 is 0 Å². The number of nitrogens with one attached hydrogen (secondary N) is 7. The Morgan fingerprint density at radius 1 is 0.643 bits per heavy atom. The van der Waals surface area contributed by atoms with E-state index in [9.17, 15) is 63.0 Å². The number of likely N-dealkylation sites (tertiary alicyclic amines) is 2. The molecule has 4 rings (SSSR count). The molecule has 2 heterocycles. The first-order chi connectivity index (χ1) is 39.8. The number of carbonyl (C=O) groups is 11. The van der Waals surface area contributed by atoms with Crippen molar-refractivity contribution in [1.29, 1.82) is 0 Å². The average molecular weight is 1210 g/mol. The number of thiol groups is 1. The molecule has 27 nitrogen and oxygen atoms in total. The van der Waals surface area contributed by atoms with Crippen molar-refractivity contribution in [3.63, 3.8) is 0 Å². The fourth-order valence-corrected chi connectivity index (χ4v) is 10.3. The summed E-state index contributed by atoms with van der Waals surface area (Å²) < 4.78 is 0. The van der Waals surface area contributed by atoms with Gasteiger partial charge >= 0.3 is 5.97 Å². The molecule has 0 bridgehead atoms. The van der Waals surface area contributed by atoms with Gasteiger partial charge in [0.2, 0.25) is 59.1 Å². The number of aromatic hydroxyl groups is 1. The maximum absolute atomic E-state index is 14.8. The van der Waals surface area contributed by atoms with Gasteiger partial charge < -0.3 is 80.2 Å². The van der Waals surface area contributed by atoms with Crippen LogP contribution in [0.15, 0.2) is 59.6 Å². The Balaban J connectivity index is 1.51. The Labute approximate surface area is 497 Å². The monoisotopic (exact) mass is 1210 g/mol. The number of amides is 10. The third-order valence-corrected chi connectivity index (χ3v) is 15.1. The Hall–Kier alpha value is -7.66. The fraction of sp³-hybridized carbons (Fsp3) is 0.564. The molecule has 2 aromatic rings. The number of nitrogens with zero attached hydrogens (tertiary/aromatic N) is 3. The number of carboxylic acid groups (broad SMARTS) is 1. The van der Waals surface area contributed by atoms with Crippen LogP contribution in [-0.4, -0.2) is 189 Å². The summed E-state index contributed by atoms with van der Waals surface area (Å²) in [5.41, 5.74) is 23.5. The molecule has 2 aliphatic heterocycles. The number of hydrogen-bond donors (Lipinski definition) is 14. The molecular formula is C55H82N14O13S2. The molecule has 0 aliphatic carbocycles. The second kappa shape index (κ2) is 34.2. The van der Waals surface area contributed by atoms with Gasteiger partial charge in [0.25, 0.3) is 0 Å². The molecule has 2 saturated heterocycles. The van der Waals surface area contributed by atoms with Gasteiger partial charge in [-0.25, -0.2) is 4.79 Å². The van der Waals surface area contributed by atoms with Gasteiger partial charge in [-0.1, -0.05) is 56.3 Å². The zero-order valence-electron chi connectivity index (χ0n) is 47.8. The van der Waals surface area contributed by atoms with E-state index in [-0.39, 0.29) is 94.4 Å². The lowest BCUT2D eigenvalue weighted by Crippen LogP contribution is -2.60. The van der Waals surface area contributed by atoms with Gasteiger partial charge in [-0.3, -0.25) is 52.9 Å². The van der Waals surface area contributed by atoms with E-state index in [0.717, 1.165) is 0 Å². The molecule has 29 heteroatoms. The molecular weight excluding hydrogens is 1130 g/mol. The first-order valence-corrected chi connectivity index (χ1v) is 29.8. The van der Waals surface area contributed by atoms with Crippen molar-refractivity contribution in [2.24, 2.45) is 33.8 Å². The number of rotatable bonds is 33. The first kappa shape index (κ1) is 68.8. The number of primary amides is 1. The summed E-state index contributed by atoms with van der Waals surface area (Å²) >= 11 is 5.47. The highest BCUT2D eigenvalue weighted by molar-refractivity contribution is 7.98. The van der Waals surface area contributed by atoms with Crippen molar-refractivity contribution < 1.29 is 63.0 Å². The lowest BCUT2D eigenvalue weighted by molar-refractivity contribution is -0.144. The standard InChI is InChI=1S/C55H82N14O13S2/c1-30(2)25-41(54(81)82)67-49(76)38(26-33-16-18-34(70)19-17-33)64-50(77)42-14-9-22-68(42)52(79)31(3)61-48(75)39(28-44(57)71)65-51(78)43-15-10-23-69(43)53(80)40(27-32-11-6-5-7-12-32)66-47(74)37(20-24-84-4)63-46(73)36(13-8-21-60-55(58)59)62-45(72)35(56)29-83/h5-7,11-12,16-19,30-31,35-43,70,83H,8-10,13-15,20-29,56H2,1-4H3,(H2,57,71)(H,61,75)(H,62,72)(H,63,73)(H,64,77)(H,65,78)(H,66,74)(H,67,76)(H,81,82)(H4,58,59,60)/t31-,35-,36-,37-,38-,39-,40-,41-,42-,43-/m0/s1. The zero-order chi connectivity index (χ0) is 62.2. The number of carboxylic acids is 1. The van der Waals surface area contributed by atoms with Crippen LogP contribution in [0.2, 0.25) is 0 Å². The minimum atomic E-state index is -1.65. The molecule has 0 unspecified atom stereocenters. The SMILES string of the molecule is CSCC[C@H](NC(=O)[C@H](CCCN=C(N)N)NC(=O)[C@@H](N)CS)C(=O)N[C@@H](Cc1ccccc1)C(=O)N1CCC[C@H]1C(=O)N[C@@H](CC(N)=O)C(=O)N[C@@H](C)C(=O)N1CCC[C@H]1C(=O)N[C@@H](Cc1ccc(O)cc1)C(=O)N[C@@H](CC(C)C)C(=O)O. The highest BCUT2D eigenvalue weighted by atomic mass is 32.2. The molecule has 2 aliphatic rings. The average Bonchev–Trinajstić information content (AvgIpc) is 3.94. The Kier molecular flexibility index (Phi) is 28.0. The van der Waals surface area contributed by atoms with Gasteiger partial charge in [-0.2, -0.15) is 24.4 Å². The third kappa shape index (κ3) is 21.8. The molecule has 0 radical (unpaired) electrons. The van der Waals surface area contributed by atoms with E-state index in [1.807, 2.05) is 0 Å². The predicted octanol–water partition coefficient (Wildman–Crippen LogP) is -2.36. The van der Waals surface area contributed by atoms with Crippen LogP contribution < -0.4 is 60.2 Å². The van der Waals surface area contributed by atoms with E-state index in [0.29, 0.717) is 29.7 Å². The van der Waals surface area contributed by atoms with Crippen molar-refractivity contribution in [2.75, 3.05) is 37.4 Å². The third-order valence-electron chi connectivity index (χ3n) is 14.0. The first-order valence-electron chi connectivity index (χ1n) is 27.8. The second-order valence-electron chi connectivity index (χ2n) is 21.2.